The Hall–Kier alpha value is -0.410. The molecular formula is C7H11NOS. The first-order valence-electron chi connectivity index (χ1n) is 3.14. The van der Waals surface area contributed by atoms with Crippen molar-refractivity contribution in [1.29, 1.82) is 0 Å². The summed E-state index contributed by atoms with van der Waals surface area (Å²) in [5.74, 6) is 0.968. The van der Waals surface area contributed by atoms with Gasteiger partial charge in [0, 0.05) is 6.54 Å². The number of nitrogens with two attached hydrogens (primary N) is 1. The van der Waals surface area contributed by atoms with Crippen LogP contribution in [0.3, 0.4) is 0 Å². The molecule has 1 atom stereocenters. The van der Waals surface area contributed by atoms with Gasteiger partial charge in [-0.15, -0.1) is 0 Å². The monoisotopic (exact) mass is 157 g/mol. The van der Waals surface area contributed by atoms with Gasteiger partial charge in [0.15, 0.2) is 0 Å². The van der Waals surface area contributed by atoms with E-state index in [1.54, 1.807) is 18.0 Å². The van der Waals surface area contributed by atoms with Crippen molar-refractivity contribution in [2.24, 2.45) is 5.73 Å². The van der Waals surface area contributed by atoms with Gasteiger partial charge in [-0.3, -0.25) is 0 Å². The van der Waals surface area contributed by atoms with Gasteiger partial charge in [-0.1, -0.05) is 0 Å². The summed E-state index contributed by atoms with van der Waals surface area (Å²) in [5.41, 5.74) is 5.49. The molecule has 1 unspecified atom stereocenters. The van der Waals surface area contributed by atoms with Crippen molar-refractivity contribution < 1.29 is 4.42 Å². The molecule has 0 radical (unpaired) electrons. The van der Waals surface area contributed by atoms with Crippen LogP contribution in [0.15, 0.2) is 22.8 Å². The molecule has 1 aromatic heterocycles. The zero-order chi connectivity index (χ0) is 7.40. The average Bonchev–Trinajstić information content (AvgIpc) is 2.43. The van der Waals surface area contributed by atoms with Crippen molar-refractivity contribution in [3.05, 3.63) is 24.2 Å². The molecule has 0 fully saturated rings. The largest absolute Gasteiger partial charge is 0.468 e. The molecule has 1 heterocycles. The molecule has 0 aliphatic heterocycles. The molecule has 2 N–H and O–H groups in total. The Labute approximate surface area is 64.8 Å². The van der Waals surface area contributed by atoms with Crippen molar-refractivity contribution in [1.82, 2.24) is 0 Å². The highest BCUT2D eigenvalue weighted by Gasteiger charge is 2.08. The summed E-state index contributed by atoms with van der Waals surface area (Å²) in [7, 11) is 0. The molecule has 0 amide bonds. The molecule has 2 nitrogen and oxygen atoms in total. The van der Waals surface area contributed by atoms with Gasteiger partial charge < -0.3 is 10.2 Å². The van der Waals surface area contributed by atoms with Gasteiger partial charge in [0.25, 0.3) is 0 Å². The van der Waals surface area contributed by atoms with E-state index in [1.165, 1.54) is 0 Å². The maximum Gasteiger partial charge on any atom is 0.117 e. The minimum Gasteiger partial charge on any atom is -0.468 e. The predicted molar refractivity (Wildman–Crippen MR) is 44.0 cm³/mol. The standard InChI is InChI=1S/C7H11NOS/c1-10-7(5-8)6-3-2-4-9-6/h2-4,7H,5,8H2,1H3. The molecule has 1 aromatic rings. The van der Waals surface area contributed by atoms with E-state index >= 15 is 0 Å². The highest BCUT2D eigenvalue weighted by Crippen LogP contribution is 2.24. The van der Waals surface area contributed by atoms with E-state index in [0.717, 1.165) is 5.76 Å². The molecular weight excluding hydrogens is 146 g/mol. The Bertz CT molecular complexity index is 170. The third-order valence-electron chi connectivity index (χ3n) is 1.36. The molecule has 0 aliphatic rings. The lowest BCUT2D eigenvalue weighted by Crippen LogP contribution is -2.07. The van der Waals surface area contributed by atoms with Gasteiger partial charge in [0.2, 0.25) is 0 Å². The van der Waals surface area contributed by atoms with Gasteiger partial charge in [-0.25, -0.2) is 0 Å². The zero-order valence-electron chi connectivity index (χ0n) is 5.91. The SMILES string of the molecule is CSC(CN)c1ccco1. The van der Waals surface area contributed by atoms with Crippen LogP contribution in [0.1, 0.15) is 11.0 Å². The molecule has 0 spiro atoms. The Balaban J connectivity index is 2.64. The third kappa shape index (κ3) is 1.55. The van der Waals surface area contributed by atoms with Crippen molar-refractivity contribution in [2.45, 2.75) is 5.25 Å². The van der Waals surface area contributed by atoms with Crippen LogP contribution in [0.25, 0.3) is 0 Å². The lowest BCUT2D eigenvalue weighted by molar-refractivity contribution is 0.507. The van der Waals surface area contributed by atoms with E-state index in [2.05, 4.69) is 0 Å². The van der Waals surface area contributed by atoms with Crippen LogP contribution in [-0.4, -0.2) is 12.8 Å². The van der Waals surface area contributed by atoms with E-state index in [-0.39, 0.29) is 0 Å². The second-order valence-corrected chi connectivity index (χ2v) is 3.02. The molecule has 1 rings (SSSR count). The first-order chi connectivity index (χ1) is 4.88. The number of rotatable bonds is 3. The summed E-state index contributed by atoms with van der Waals surface area (Å²) in [6.07, 6.45) is 3.70. The fourth-order valence-electron chi connectivity index (χ4n) is 0.803. The molecule has 0 saturated carbocycles. The number of hydrogen-bond acceptors (Lipinski definition) is 3. The number of furan rings is 1. The second-order valence-electron chi connectivity index (χ2n) is 1.98. The van der Waals surface area contributed by atoms with Crippen LogP contribution < -0.4 is 5.73 Å². The molecule has 0 saturated heterocycles. The Morgan fingerprint density at radius 2 is 2.60 bits per heavy atom. The van der Waals surface area contributed by atoms with E-state index < -0.39 is 0 Å². The maximum absolute atomic E-state index is 5.49. The fraction of sp³-hybridized carbons (Fsp3) is 0.429. The molecule has 0 bridgehead atoms. The molecule has 56 valence electrons. The minimum atomic E-state index is 0.315. The van der Waals surface area contributed by atoms with E-state index in [0.29, 0.717) is 11.8 Å². The highest BCUT2D eigenvalue weighted by atomic mass is 32.2. The summed E-state index contributed by atoms with van der Waals surface area (Å²) in [5, 5.41) is 0.315. The maximum atomic E-state index is 5.49. The van der Waals surface area contributed by atoms with Gasteiger partial charge in [-0.2, -0.15) is 11.8 Å². The highest BCUT2D eigenvalue weighted by molar-refractivity contribution is 7.98. The summed E-state index contributed by atoms with van der Waals surface area (Å²) in [4.78, 5) is 0. The fourth-order valence-corrected chi connectivity index (χ4v) is 1.36. The van der Waals surface area contributed by atoms with Gasteiger partial charge in [0.1, 0.15) is 5.76 Å². The van der Waals surface area contributed by atoms with Crippen LogP contribution in [0, 0.1) is 0 Å². The summed E-state index contributed by atoms with van der Waals surface area (Å²) in [6.45, 7) is 0.634. The Morgan fingerprint density at radius 1 is 1.80 bits per heavy atom. The smallest absolute Gasteiger partial charge is 0.117 e. The predicted octanol–water partition coefficient (Wildman–Crippen LogP) is 1.64. The van der Waals surface area contributed by atoms with E-state index in [9.17, 15) is 0 Å². The van der Waals surface area contributed by atoms with E-state index in [1.807, 2.05) is 18.4 Å². The molecule has 3 heteroatoms. The quantitative estimate of drug-likeness (QED) is 0.725. The number of thioether (sulfide) groups is 1. The topological polar surface area (TPSA) is 39.2 Å². The van der Waals surface area contributed by atoms with Crippen LogP contribution >= 0.6 is 11.8 Å². The lowest BCUT2D eigenvalue weighted by Gasteiger charge is -2.06. The van der Waals surface area contributed by atoms with Crippen molar-refractivity contribution >= 4 is 11.8 Å². The average molecular weight is 157 g/mol. The Morgan fingerprint density at radius 3 is 3.00 bits per heavy atom. The van der Waals surface area contributed by atoms with Gasteiger partial charge in [-0.05, 0) is 18.4 Å². The first-order valence-corrected chi connectivity index (χ1v) is 4.43. The normalized spacial score (nSPS) is 13.4. The van der Waals surface area contributed by atoms with Gasteiger partial charge in [0.05, 0.1) is 11.5 Å². The third-order valence-corrected chi connectivity index (χ3v) is 2.35. The molecule has 0 aliphatic carbocycles. The van der Waals surface area contributed by atoms with E-state index in [4.69, 9.17) is 10.2 Å². The van der Waals surface area contributed by atoms with Crippen molar-refractivity contribution in [2.75, 3.05) is 12.8 Å². The summed E-state index contributed by atoms with van der Waals surface area (Å²) < 4.78 is 5.18. The van der Waals surface area contributed by atoms with Crippen LogP contribution in [0.4, 0.5) is 0 Å². The minimum absolute atomic E-state index is 0.315. The van der Waals surface area contributed by atoms with Gasteiger partial charge >= 0.3 is 0 Å². The zero-order valence-corrected chi connectivity index (χ0v) is 6.73. The van der Waals surface area contributed by atoms with Crippen LogP contribution in [-0.2, 0) is 0 Å². The summed E-state index contributed by atoms with van der Waals surface area (Å²) in [6, 6.07) is 3.84. The second kappa shape index (κ2) is 3.68. The van der Waals surface area contributed by atoms with Crippen molar-refractivity contribution in [3.63, 3.8) is 0 Å². The first kappa shape index (κ1) is 7.69. The van der Waals surface area contributed by atoms with Crippen molar-refractivity contribution in [3.8, 4) is 0 Å². The summed E-state index contributed by atoms with van der Waals surface area (Å²) >= 11 is 1.71. The Kier molecular flexibility index (Phi) is 2.83. The number of hydrogen-bond donors (Lipinski definition) is 1. The van der Waals surface area contributed by atoms with Crippen LogP contribution in [0.2, 0.25) is 0 Å². The molecule has 10 heavy (non-hydrogen) atoms. The lowest BCUT2D eigenvalue weighted by atomic mass is 10.3. The van der Waals surface area contributed by atoms with Crippen LogP contribution in [0.5, 0.6) is 0 Å². The molecule has 0 aromatic carbocycles.